The third-order valence-electron chi connectivity index (χ3n) is 4.36. The Morgan fingerprint density at radius 3 is 2.67 bits per heavy atom. The predicted octanol–water partition coefficient (Wildman–Crippen LogP) is 2.58. The van der Waals surface area contributed by atoms with Crippen LogP contribution in [-0.4, -0.2) is 47.5 Å². The van der Waals surface area contributed by atoms with Gasteiger partial charge in [-0.1, -0.05) is 25.6 Å². The monoisotopic (exact) mass is 269 g/mol. The molecule has 104 valence electrons. The Hall–Kier alpha value is -0.220. The maximum atomic E-state index is 4.79. The van der Waals surface area contributed by atoms with Crippen LogP contribution in [0.5, 0.6) is 0 Å². The smallest absolute Gasteiger partial charge is 0.157 e. The zero-order chi connectivity index (χ0) is 13.0. The van der Waals surface area contributed by atoms with E-state index in [1.807, 2.05) is 11.8 Å². The van der Waals surface area contributed by atoms with Crippen LogP contribution in [0.1, 0.15) is 40.0 Å². The van der Waals surface area contributed by atoms with Crippen molar-refractivity contribution in [3.05, 3.63) is 0 Å². The molecule has 0 aromatic rings. The molecule has 0 bridgehead atoms. The van der Waals surface area contributed by atoms with E-state index >= 15 is 0 Å². The molecule has 4 heteroatoms. The van der Waals surface area contributed by atoms with E-state index in [-0.39, 0.29) is 5.54 Å². The van der Waals surface area contributed by atoms with Crippen LogP contribution in [0.2, 0.25) is 0 Å². The molecule has 1 atom stereocenters. The lowest BCUT2D eigenvalue weighted by Gasteiger charge is -2.30. The number of piperidine rings is 1. The number of hydrogen-bond donors (Lipinski definition) is 1. The zero-order valence-corrected chi connectivity index (χ0v) is 12.9. The number of aliphatic imine (C=N–C) groups is 1. The van der Waals surface area contributed by atoms with Crippen molar-refractivity contribution in [3.8, 4) is 0 Å². The Balaban J connectivity index is 1.75. The molecule has 1 unspecified atom stereocenters. The SMILES string of the molecule is CCN1CCC(CN=C2NC(C)(CC)CS2)CC1. The van der Waals surface area contributed by atoms with Crippen LogP contribution in [0.25, 0.3) is 0 Å². The summed E-state index contributed by atoms with van der Waals surface area (Å²) >= 11 is 1.90. The van der Waals surface area contributed by atoms with E-state index in [2.05, 4.69) is 31.0 Å². The van der Waals surface area contributed by atoms with Crippen LogP contribution in [0.4, 0.5) is 0 Å². The Morgan fingerprint density at radius 1 is 1.39 bits per heavy atom. The zero-order valence-electron chi connectivity index (χ0n) is 12.0. The van der Waals surface area contributed by atoms with Gasteiger partial charge in [-0.15, -0.1) is 0 Å². The summed E-state index contributed by atoms with van der Waals surface area (Å²) in [4.78, 5) is 7.33. The minimum atomic E-state index is 0.273. The number of nitrogens with zero attached hydrogens (tertiary/aromatic N) is 2. The van der Waals surface area contributed by atoms with Crippen LogP contribution in [0, 0.1) is 5.92 Å². The molecule has 0 aromatic heterocycles. The van der Waals surface area contributed by atoms with E-state index in [0.29, 0.717) is 0 Å². The summed E-state index contributed by atoms with van der Waals surface area (Å²) in [5.74, 6) is 1.97. The highest BCUT2D eigenvalue weighted by molar-refractivity contribution is 8.14. The van der Waals surface area contributed by atoms with Gasteiger partial charge >= 0.3 is 0 Å². The van der Waals surface area contributed by atoms with E-state index < -0.39 is 0 Å². The molecular weight excluding hydrogens is 242 g/mol. The van der Waals surface area contributed by atoms with Crippen molar-refractivity contribution in [1.82, 2.24) is 10.2 Å². The largest absolute Gasteiger partial charge is 0.359 e. The topological polar surface area (TPSA) is 27.6 Å². The summed E-state index contributed by atoms with van der Waals surface area (Å²) in [6, 6.07) is 0. The van der Waals surface area contributed by atoms with Gasteiger partial charge in [0.25, 0.3) is 0 Å². The third-order valence-corrected chi connectivity index (χ3v) is 5.65. The molecule has 0 radical (unpaired) electrons. The minimum absolute atomic E-state index is 0.273. The fourth-order valence-electron chi connectivity index (χ4n) is 2.53. The van der Waals surface area contributed by atoms with Gasteiger partial charge in [0.2, 0.25) is 0 Å². The number of thioether (sulfide) groups is 1. The number of amidine groups is 1. The van der Waals surface area contributed by atoms with Crippen molar-refractivity contribution in [2.45, 2.75) is 45.6 Å². The Bertz CT molecular complexity index is 297. The van der Waals surface area contributed by atoms with Crippen LogP contribution >= 0.6 is 11.8 Å². The number of rotatable bonds is 4. The lowest BCUT2D eigenvalue weighted by Crippen LogP contribution is -2.40. The summed E-state index contributed by atoms with van der Waals surface area (Å²) in [5, 5.41) is 4.76. The summed E-state index contributed by atoms with van der Waals surface area (Å²) in [5.41, 5.74) is 0.273. The Kier molecular flexibility index (Phi) is 4.96. The van der Waals surface area contributed by atoms with Crippen molar-refractivity contribution in [2.24, 2.45) is 10.9 Å². The standard InChI is InChI=1S/C14H27N3S/c1-4-14(3)11-18-13(16-14)15-10-12-6-8-17(5-2)9-7-12/h12H,4-11H2,1-3H3,(H,15,16). The molecule has 2 fully saturated rings. The predicted molar refractivity (Wildman–Crippen MR) is 81.4 cm³/mol. The molecule has 0 amide bonds. The second kappa shape index (κ2) is 6.29. The van der Waals surface area contributed by atoms with E-state index in [0.717, 1.165) is 18.2 Å². The molecule has 1 N–H and O–H groups in total. The van der Waals surface area contributed by atoms with Crippen molar-refractivity contribution >= 4 is 16.9 Å². The summed E-state index contributed by atoms with van der Waals surface area (Å²) in [6.45, 7) is 11.5. The van der Waals surface area contributed by atoms with Gasteiger partial charge in [-0.25, -0.2) is 0 Å². The average Bonchev–Trinajstić information content (AvgIpc) is 2.80. The molecule has 0 saturated carbocycles. The number of hydrogen-bond acceptors (Lipinski definition) is 3. The fraction of sp³-hybridized carbons (Fsp3) is 0.929. The van der Waals surface area contributed by atoms with Crippen LogP contribution in [0.3, 0.4) is 0 Å². The first-order valence-corrected chi connectivity index (χ1v) is 8.31. The van der Waals surface area contributed by atoms with Gasteiger partial charge in [-0.05, 0) is 51.7 Å². The molecule has 0 spiro atoms. The molecule has 2 aliphatic rings. The van der Waals surface area contributed by atoms with Gasteiger partial charge in [-0.2, -0.15) is 0 Å². The van der Waals surface area contributed by atoms with Gasteiger partial charge in [0.05, 0.1) is 0 Å². The maximum absolute atomic E-state index is 4.79. The molecule has 2 aliphatic heterocycles. The first-order valence-electron chi connectivity index (χ1n) is 7.33. The van der Waals surface area contributed by atoms with Gasteiger partial charge in [0.1, 0.15) is 0 Å². The van der Waals surface area contributed by atoms with Crippen LogP contribution in [-0.2, 0) is 0 Å². The first kappa shape index (κ1) is 14.2. The van der Waals surface area contributed by atoms with E-state index in [4.69, 9.17) is 4.99 Å². The lowest BCUT2D eigenvalue weighted by molar-refractivity contribution is 0.196. The Morgan fingerprint density at radius 2 is 2.11 bits per heavy atom. The fourth-order valence-corrected chi connectivity index (χ4v) is 3.75. The van der Waals surface area contributed by atoms with E-state index in [1.54, 1.807) is 0 Å². The molecule has 0 aromatic carbocycles. The van der Waals surface area contributed by atoms with Gasteiger partial charge in [0.15, 0.2) is 5.17 Å². The average molecular weight is 269 g/mol. The summed E-state index contributed by atoms with van der Waals surface area (Å²) in [6.07, 6.45) is 3.81. The van der Waals surface area contributed by atoms with E-state index in [1.165, 1.54) is 44.1 Å². The third kappa shape index (κ3) is 3.64. The van der Waals surface area contributed by atoms with Crippen molar-refractivity contribution < 1.29 is 0 Å². The van der Waals surface area contributed by atoms with Gasteiger partial charge in [0, 0.05) is 17.8 Å². The molecular formula is C14H27N3S. The van der Waals surface area contributed by atoms with Gasteiger partial charge < -0.3 is 10.2 Å². The molecule has 2 heterocycles. The van der Waals surface area contributed by atoms with Gasteiger partial charge in [-0.3, -0.25) is 4.99 Å². The Labute approximate surface area is 116 Å². The minimum Gasteiger partial charge on any atom is -0.359 e. The second-order valence-electron chi connectivity index (χ2n) is 5.85. The van der Waals surface area contributed by atoms with Crippen molar-refractivity contribution in [1.29, 1.82) is 0 Å². The lowest BCUT2D eigenvalue weighted by atomic mass is 9.97. The highest BCUT2D eigenvalue weighted by Gasteiger charge is 2.30. The van der Waals surface area contributed by atoms with Crippen molar-refractivity contribution in [3.63, 3.8) is 0 Å². The maximum Gasteiger partial charge on any atom is 0.157 e. The summed E-state index contributed by atoms with van der Waals surface area (Å²) < 4.78 is 0. The van der Waals surface area contributed by atoms with Crippen LogP contribution < -0.4 is 5.32 Å². The summed E-state index contributed by atoms with van der Waals surface area (Å²) in [7, 11) is 0. The van der Waals surface area contributed by atoms with Crippen LogP contribution in [0.15, 0.2) is 4.99 Å². The molecule has 3 nitrogen and oxygen atoms in total. The highest BCUT2D eigenvalue weighted by Crippen LogP contribution is 2.26. The number of nitrogens with one attached hydrogen (secondary N) is 1. The first-order chi connectivity index (χ1) is 8.65. The molecule has 0 aliphatic carbocycles. The van der Waals surface area contributed by atoms with Crippen molar-refractivity contribution in [2.75, 3.05) is 31.9 Å². The molecule has 2 saturated heterocycles. The molecule has 2 rings (SSSR count). The normalized spacial score (nSPS) is 32.9. The van der Waals surface area contributed by atoms with E-state index in [9.17, 15) is 0 Å². The highest BCUT2D eigenvalue weighted by atomic mass is 32.2. The second-order valence-corrected chi connectivity index (χ2v) is 6.82. The quantitative estimate of drug-likeness (QED) is 0.850. The molecule has 18 heavy (non-hydrogen) atoms. The number of likely N-dealkylation sites (tertiary alicyclic amines) is 1.